The number of nitrogens with zero attached hydrogens (tertiary/aromatic N) is 4. The highest BCUT2D eigenvalue weighted by molar-refractivity contribution is 7.17. The number of carbonyl (C=O) groups is 1. The minimum Gasteiger partial charge on any atom is -0.373 e. The molecule has 0 bridgehead atoms. The summed E-state index contributed by atoms with van der Waals surface area (Å²) in [5.74, 6) is 1.08. The van der Waals surface area contributed by atoms with Gasteiger partial charge in [-0.25, -0.2) is 9.97 Å². The molecule has 2 aromatic rings. The summed E-state index contributed by atoms with van der Waals surface area (Å²) in [6.07, 6.45) is 6.09. The summed E-state index contributed by atoms with van der Waals surface area (Å²) >= 11 is 1.66. The van der Waals surface area contributed by atoms with Crippen molar-refractivity contribution < 1.29 is 9.53 Å². The van der Waals surface area contributed by atoms with Crippen LogP contribution in [0.2, 0.25) is 0 Å². The summed E-state index contributed by atoms with van der Waals surface area (Å²) in [6, 6.07) is 2.28. The highest BCUT2D eigenvalue weighted by Gasteiger charge is 2.37. The summed E-state index contributed by atoms with van der Waals surface area (Å²) in [5.41, 5.74) is 0.979. The number of amides is 1. The summed E-state index contributed by atoms with van der Waals surface area (Å²) in [5, 5.41) is 2.04. The standard InChI is InChI=1S/C19H24N4O2S/c1-3-16-14(6-9-25-16)19(24)23-8-4-5-13(11-23)22(2)18-17-15(7-10-26-17)20-12-21-18/h3,7,10,12-14,16H,1,4-6,8-9,11H2,2H3/t13?,14-,16+/m1/s1. The molecule has 1 unspecified atom stereocenters. The van der Waals surface area contributed by atoms with E-state index in [0.717, 1.165) is 48.4 Å². The maximum absolute atomic E-state index is 13.0. The van der Waals surface area contributed by atoms with Gasteiger partial charge in [0.05, 0.1) is 22.2 Å². The van der Waals surface area contributed by atoms with E-state index in [0.29, 0.717) is 6.61 Å². The van der Waals surface area contributed by atoms with Crippen LogP contribution in [-0.2, 0) is 9.53 Å². The Morgan fingerprint density at radius 3 is 3.19 bits per heavy atom. The van der Waals surface area contributed by atoms with Gasteiger partial charge in [-0.05, 0) is 30.7 Å². The Balaban J connectivity index is 1.50. The fourth-order valence-electron chi connectivity index (χ4n) is 4.01. The van der Waals surface area contributed by atoms with Gasteiger partial charge in [0.15, 0.2) is 0 Å². The number of hydrogen-bond acceptors (Lipinski definition) is 6. The van der Waals surface area contributed by atoms with Crippen molar-refractivity contribution in [3.8, 4) is 0 Å². The van der Waals surface area contributed by atoms with Crippen molar-refractivity contribution in [3.63, 3.8) is 0 Å². The van der Waals surface area contributed by atoms with Gasteiger partial charge < -0.3 is 14.5 Å². The van der Waals surface area contributed by atoms with Gasteiger partial charge in [0.1, 0.15) is 12.1 Å². The number of ether oxygens (including phenoxy) is 1. The molecule has 3 atom stereocenters. The molecule has 1 amide bonds. The number of anilines is 1. The Labute approximate surface area is 157 Å². The summed E-state index contributed by atoms with van der Waals surface area (Å²) in [6.45, 7) is 6.00. The Morgan fingerprint density at radius 1 is 1.46 bits per heavy atom. The third-order valence-electron chi connectivity index (χ3n) is 5.50. The Bertz CT molecular complexity index is 808. The predicted octanol–water partition coefficient (Wildman–Crippen LogP) is 2.71. The van der Waals surface area contributed by atoms with Crippen LogP contribution in [0.5, 0.6) is 0 Å². The molecule has 2 aliphatic heterocycles. The van der Waals surface area contributed by atoms with Crippen LogP contribution in [-0.4, -0.2) is 59.7 Å². The lowest BCUT2D eigenvalue weighted by Crippen LogP contribution is -2.51. The average molecular weight is 372 g/mol. The summed E-state index contributed by atoms with van der Waals surface area (Å²) < 4.78 is 6.72. The number of likely N-dealkylation sites (tertiary alicyclic amines) is 1. The Kier molecular flexibility index (Phi) is 4.91. The second-order valence-corrected chi connectivity index (χ2v) is 7.91. The molecule has 0 N–H and O–H groups in total. The van der Waals surface area contributed by atoms with E-state index in [4.69, 9.17) is 4.74 Å². The lowest BCUT2D eigenvalue weighted by atomic mass is 9.97. The number of rotatable bonds is 4. The van der Waals surface area contributed by atoms with Crippen LogP contribution in [0.15, 0.2) is 30.4 Å². The van der Waals surface area contributed by atoms with Crippen LogP contribution in [0.1, 0.15) is 19.3 Å². The lowest BCUT2D eigenvalue weighted by molar-refractivity contribution is -0.137. The molecule has 0 saturated carbocycles. The molecule has 0 radical (unpaired) electrons. The molecule has 2 aromatic heterocycles. The minimum atomic E-state index is -0.145. The van der Waals surface area contributed by atoms with E-state index in [2.05, 4.69) is 28.5 Å². The summed E-state index contributed by atoms with van der Waals surface area (Å²) in [4.78, 5) is 26.1. The highest BCUT2D eigenvalue weighted by Crippen LogP contribution is 2.31. The highest BCUT2D eigenvalue weighted by atomic mass is 32.1. The number of carbonyl (C=O) groups excluding carboxylic acids is 1. The second-order valence-electron chi connectivity index (χ2n) is 6.99. The predicted molar refractivity (Wildman–Crippen MR) is 103 cm³/mol. The monoisotopic (exact) mass is 372 g/mol. The minimum absolute atomic E-state index is 0.0837. The number of hydrogen-bond donors (Lipinski definition) is 0. The molecule has 0 spiro atoms. The zero-order valence-corrected chi connectivity index (χ0v) is 15.8. The maximum Gasteiger partial charge on any atom is 0.228 e. The van der Waals surface area contributed by atoms with Gasteiger partial charge in [-0.1, -0.05) is 6.08 Å². The van der Waals surface area contributed by atoms with Crippen molar-refractivity contribution in [2.75, 3.05) is 31.6 Å². The van der Waals surface area contributed by atoms with Crippen LogP contribution in [0, 0.1) is 5.92 Å². The third-order valence-corrected chi connectivity index (χ3v) is 6.40. The molecule has 2 aliphatic rings. The Hall–Kier alpha value is -1.99. The number of thiophene rings is 1. The van der Waals surface area contributed by atoms with E-state index in [1.165, 1.54) is 0 Å². The first-order valence-electron chi connectivity index (χ1n) is 9.13. The average Bonchev–Trinajstić information content (AvgIpc) is 3.35. The van der Waals surface area contributed by atoms with Gasteiger partial charge in [-0.15, -0.1) is 17.9 Å². The van der Waals surface area contributed by atoms with Crippen molar-refractivity contribution in [3.05, 3.63) is 30.4 Å². The third kappa shape index (κ3) is 3.10. The van der Waals surface area contributed by atoms with E-state index < -0.39 is 0 Å². The van der Waals surface area contributed by atoms with Crippen LogP contribution < -0.4 is 4.90 Å². The van der Waals surface area contributed by atoms with Gasteiger partial charge in [-0.3, -0.25) is 4.79 Å². The van der Waals surface area contributed by atoms with Crippen molar-refractivity contribution in [2.45, 2.75) is 31.4 Å². The molecule has 138 valence electrons. The quantitative estimate of drug-likeness (QED) is 0.773. The molecular formula is C19H24N4O2S. The number of piperidine rings is 1. The van der Waals surface area contributed by atoms with Crippen molar-refractivity contribution >= 4 is 33.3 Å². The maximum atomic E-state index is 13.0. The van der Waals surface area contributed by atoms with Gasteiger partial charge >= 0.3 is 0 Å². The smallest absolute Gasteiger partial charge is 0.228 e. The second kappa shape index (κ2) is 7.32. The normalized spacial score (nSPS) is 26.2. The molecule has 7 heteroatoms. The molecule has 0 aliphatic carbocycles. The fourth-order valence-corrected chi connectivity index (χ4v) is 4.89. The van der Waals surface area contributed by atoms with Gasteiger partial charge in [0.25, 0.3) is 0 Å². The zero-order valence-electron chi connectivity index (χ0n) is 15.0. The van der Waals surface area contributed by atoms with E-state index in [1.807, 2.05) is 16.3 Å². The van der Waals surface area contributed by atoms with Crippen LogP contribution >= 0.6 is 11.3 Å². The van der Waals surface area contributed by atoms with Gasteiger partial charge in [0.2, 0.25) is 5.91 Å². The number of likely N-dealkylation sites (N-methyl/N-ethyl adjacent to an activating group) is 1. The topological polar surface area (TPSA) is 58.6 Å². The number of aromatic nitrogens is 2. The molecule has 0 aromatic carbocycles. The molecule has 6 nitrogen and oxygen atoms in total. The first-order chi connectivity index (χ1) is 12.7. The molecular weight excluding hydrogens is 348 g/mol. The molecule has 2 saturated heterocycles. The molecule has 4 heterocycles. The van der Waals surface area contributed by atoms with Crippen LogP contribution in [0.3, 0.4) is 0 Å². The molecule has 26 heavy (non-hydrogen) atoms. The Morgan fingerprint density at radius 2 is 2.35 bits per heavy atom. The van der Waals surface area contributed by atoms with Crippen LogP contribution in [0.25, 0.3) is 10.2 Å². The SMILES string of the molecule is C=C[C@@H]1OCC[C@H]1C(=O)N1CCCC(N(C)c2ncnc3ccsc23)C1. The van der Waals surface area contributed by atoms with E-state index >= 15 is 0 Å². The van der Waals surface area contributed by atoms with Gasteiger partial charge in [0, 0.05) is 32.8 Å². The zero-order chi connectivity index (χ0) is 18.1. The van der Waals surface area contributed by atoms with Gasteiger partial charge in [-0.2, -0.15) is 0 Å². The first-order valence-corrected chi connectivity index (χ1v) is 10.0. The number of fused-ring (bicyclic) bond motifs is 1. The van der Waals surface area contributed by atoms with Crippen molar-refractivity contribution in [1.82, 2.24) is 14.9 Å². The largest absolute Gasteiger partial charge is 0.373 e. The summed E-state index contributed by atoms with van der Waals surface area (Å²) in [7, 11) is 2.07. The van der Waals surface area contributed by atoms with E-state index in [1.54, 1.807) is 23.7 Å². The van der Waals surface area contributed by atoms with Crippen LogP contribution in [0.4, 0.5) is 5.82 Å². The molecule has 4 rings (SSSR count). The fraction of sp³-hybridized carbons (Fsp3) is 0.526. The first kappa shape index (κ1) is 17.4. The molecule has 2 fully saturated rings. The van der Waals surface area contributed by atoms with Crippen molar-refractivity contribution in [1.29, 1.82) is 0 Å². The van der Waals surface area contributed by atoms with E-state index in [-0.39, 0.29) is 24.0 Å². The van der Waals surface area contributed by atoms with E-state index in [9.17, 15) is 4.79 Å². The van der Waals surface area contributed by atoms with Crippen molar-refractivity contribution in [2.24, 2.45) is 5.92 Å². The lowest BCUT2D eigenvalue weighted by Gasteiger charge is -2.39.